The van der Waals surface area contributed by atoms with E-state index in [0.29, 0.717) is 18.7 Å². The number of hydrogen-bond acceptors (Lipinski definition) is 4. The summed E-state index contributed by atoms with van der Waals surface area (Å²) in [5.41, 5.74) is 2.29. The Morgan fingerprint density at radius 2 is 1.71 bits per heavy atom. The largest absolute Gasteiger partial charge is 0.493 e. The van der Waals surface area contributed by atoms with Crippen LogP contribution in [0.4, 0.5) is 0 Å². The second-order valence-corrected chi connectivity index (χ2v) is 4.85. The first-order chi connectivity index (χ1) is 9.06. The van der Waals surface area contributed by atoms with Crippen molar-refractivity contribution in [3.8, 4) is 11.5 Å². The van der Waals surface area contributed by atoms with E-state index < -0.39 is 0 Å². The Hall–Kier alpha value is -0.876. The fourth-order valence-electron chi connectivity index (χ4n) is 2.33. The van der Waals surface area contributed by atoms with E-state index in [0.717, 1.165) is 16.9 Å². The number of benzene rings is 1. The van der Waals surface area contributed by atoms with Gasteiger partial charge in [0, 0.05) is 39.2 Å². The van der Waals surface area contributed by atoms with E-state index in [1.807, 2.05) is 12.1 Å². The van der Waals surface area contributed by atoms with Gasteiger partial charge in [0.25, 0.3) is 0 Å². The smallest absolute Gasteiger partial charge is 0.239 e. The van der Waals surface area contributed by atoms with Gasteiger partial charge in [0.1, 0.15) is 0 Å². The van der Waals surface area contributed by atoms with Gasteiger partial charge in [0.2, 0.25) is 5.91 Å². The number of methoxy groups -OCH3 is 2. The third kappa shape index (κ3) is 4.30. The number of carbonyl (C=O) groups excluding carboxylic acids is 1. The Labute approximate surface area is 143 Å². The van der Waals surface area contributed by atoms with E-state index in [1.165, 1.54) is 0 Å². The maximum atomic E-state index is 12.0. The third-order valence-electron chi connectivity index (χ3n) is 3.41. The molecule has 0 spiro atoms. The summed E-state index contributed by atoms with van der Waals surface area (Å²) in [6.07, 6.45) is 0.673. The molecule has 1 aromatic rings. The van der Waals surface area contributed by atoms with Gasteiger partial charge in [0.15, 0.2) is 11.5 Å². The van der Waals surface area contributed by atoms with Gasteiger partial charge >= 0.3 is 0 Å². The van der Waals surface area contributed by atoms with Gasteiger partial charge in [-0.1, -0.05) is 0 Å². The van der Waals surface area contributed by atoms with Crippen molar-refractivity contribution in [2.24, 2.45) is 0 Å². The summed E-state index contributed by atoms with van der Waals surface area (Å²) in [7, 11) is 6.79. The topological polar surface area (TPSA) is 50.8 Å². The molecule has 1 aliphatic heterocycles. The maximum Gasteiger partial charge on any atom is 0.239 e. The van der Waals surface area contributed by atoms with Crippen LogP contribution in [0.3, 0.4) is 0 Å². The van der Waals surface area contributed by atoms with Gasteiger partial charge in [-0.2, -0.15) is 0 Å². The molecule has 1 radical (unpaired) electrons. The predicted molar refractivity (Wildman–Crippen MR) is 79.8 cm³/mol. The Morgan fingerprint density at radius 1 is 1.19 bits per heavy atom. The quantitative estimate of drug-likeness (QED) is 0.890. The summed E-state index contributed by atoms with van der Waals surface area (Å²) < 4.78 is 10.6. The van der Waals surface area contributed by atoms with Crippen molar-refractivity contribution in [2.45, 2.75) is 19.0 Å². The van der Waals surface area contributed by atoms with Gasteiger partial charge in [-0.15, -0.1) is 12.4 Å². The fourth-order valence-corrected chi connectivity index (χ4v) is 2.33. The number of fused-ring (bicyclic) bond motifs is 1. The Bertz CT molecular complexity index is 497. The zero-order chi connectivity index (χ0) is 14.0. The van der Waals surface area contributed by atoms with Crippen molar-refractivity contribution in [1.82, 2.24) is 10.2 Å². The molecular weight excluding hydrogens is 331 g/mol. The first-order valence-electron chi connectivity index (χ1n) is 6.25. The van der Waals surface area contributed by atoms with Crippen LogP contribution in [-0.4, -0.2) is 45.2 Å². The maximum absolute atomic E-state index is 12.0. The number of ether oxygens (including phenoxy) is 2. The molecule has 1 amide bonds. The minimum atomic E-state index is -0.166. The molecule has 0 saturated carbocycles. The second kappa shape index (κ2) is 8.54. The molecule has 1 aliphatic rings. The number of likely N-dealkylation sites (N-methyl/N-ethyl adjacent to an activating group) is 1. The van der Waals surface area contributed by atoms with E-state index in [1.54, 1.807) is 33.2 Å². The van der Waals surface area contributed by atoms with Crippen LogP contribution >= 0.6 is 12.4 Å². The Balaban J connectivity index is 0.00000200. The molecule has 21 heavy (non-hydrogen) atoms. The molecule has 1 aromatic carbocycles. The monoisotopic (exact) mass is 351 g/mol. The van der Waals surface area contributed by atoms with Gasteiger partial charge in [-0.3, -0.25) is 4.79 Å². The summed E-state index contributed by atoms with van der Waals surface area (Å²) in [5.74, 6) is 1.53. The summed E-state index contributed by atoms with van der Waals surface area (Å²) >= 11 is 0. The number of nitrogens with zero attached hydrogens (tertiary/aromatic N) is 1. The molecule has 0 saturated heterocycles. The van der Waals surface area contributed by atoms with E-state index in [9.17, 15) is 4.79 Å². The molecule has 0 fully saturated rings. The number of carbonyl (C=O) groups is 1. The number of nitrogens with one attached hydrogen (secondary N) is 1. The molecule has 1 atom stereocenters. The molecule has 0 aromatic heterocycles. The third-order valence-corrected chi connectivity index (χ3v) is 3.41. The molecule has 0 unspecified atom stereocenters. The Morgan fingerprint density at radius 3 is 2.19 bits per heavy atom. The molecular formula is C14H21ClN2O3V. The minimum Gasteiger partial charge on any atom is -0.493 e. The van der Waals surface area contributed by atoms with E-state index >= 15 is 0 Å². The van der Waals surface area contributed by atoms with Crippen molar-refractivity contribution in [3.05, 3.63) is 23.3 Å². The molecule has 0 bridgehead atoms. The zero-order valence-corrected chi connectivity index (χ0v) is 14.9. The zero-order valence-electron chi connectivity index (χ0n) is 12.7. The average molecular weight is 352 g/mol. The van der Waals surface area contributed by atoms with Crippen molar-refractivity contribution in [1.29, 1.82) is 0 Å². The molecule has 1 N–H and O–H groups in total. The van der Waals surface area contributed by atoms with Crippen LogP contribution in [0, 0.1) is 0 Å². The van der Waals surface area contributed by atoms with Gasteiger partial charge < -0.3 is 19.7 Å². The van der Waals surface area contributed by atoms with Crippen LogP contribution in [0.25, 0.3) is 0 Å². The van der Waals surface area contributed by atoms with E-state index in [2.05, 4.69) is 5.32 Å². The van der Waals surface area contributed by atoms with Crippen molar-refractivity contribution >= 4 is 18.3 Å². The number of amides is 1. The van der Waals surface area contributed by atoms with Gasteiger partial charge in [-0.25, -0.2) is 0 Å². The molecule has 1 heterocycles. The van der Waals surface area contributed by atoms with Crippen molar-refractivity contribution < 1.29 is 32.8 Å². The number of hydrogen-bond donors (Lipinski definition) is 1. The summed E-state index contributed by atoms with van der Waals surface area (Å²) in [6.45, 7) is 0.667. The van der Waals surface area contributed by atoms with Gasteiger partial charge in [0.05, 0.1) is 20.3 Å². The average Bonchev–Trinajstić information content (AvgIpc) is 2.44. The van der Waals surface area contributed by atoms with Crippen LogP contribution in [0.2, 0.25) is 0 Å². The van der Waals surface area contributed by atoms with Crippen molar-refractivity contribution in [3.63, 3.8) is 0 Å². The normalized spacial score (nSPS) is 15.9. The molecule has 2 rings (SSSR count). The van der Waals surface area contributed by atoms with E-state index in [-0.39, 0.29) is 42.9 Å². The molecule has 7 heteroatoms. The number of rotatable bonds is 3. The molecule has 0 aliphatic carbocycles. The number of halogens is 1. The first-order valence-corrected chi connectivity index (χ1v) is 6.25. The van der Waals surface area contributed by atoms with Crippen LogP contribution in [0.1, 0.15) is 11.1 Å². The summed E-state index contributed by atoms with van der Waals surface area (Å²) in [4.78, 5) is 13.6. The molecule has 117 valence electrons. The van der Waals surface area contributed by atoms with Crippen LogP contribution < -0.4 is 14.8 Å². The minimum absolute atomic E-state index is 0. The standard InChI is InChI=1S/C14H20N2O3.ClH.V/c1-16(2)14(17)11-5-9-6-12(18-3)13(19-4)7-10(9)8-15-11;;/h6-7,11,15H,5,8H2,1-4H3;1H;/t11-;;/m0../s1. The van der Waals surface area contributed by atoms with Crippen LogP contribution in [0.15, 0.2) is 12.1 Å². The second-order valence-electron chi connectivity index (χ2n) is 4.85. The van der Waals surface area contributed by atoms with Crippen molar-refractivity contribution in [2.75, 3.05) is 28.3 Å². The SMILES string of the molecule is COc1cc2c(cc1OC)C[C@@H](C(=O)N(C)C)NC2.Cl.[V]. The van der Waals surface area contributed by atoms with Crippen LogP contribution in [0.5, 0.6) is 11.5 Å². The Kier molecular flexibility index (Phi) is 8.18. The summed E-state index contributed by atoms with van der Waals surface area (Å²) in [6, 6.07) is 3.77. The van der Waals surface area contributed by atoms with E-state index in [4.69, 9.17) is 9.47 Å². The first kappa shape index (κ1) is 20.1. The predicted octanol–water partition coefficient (Wildman–Crippen LogP) is 1.23. The molecule has 5 nitrogen and oxygen atoms in total. The fraction of sp³-hybridized carbons (Fsp3) is 0.500. The van der Waals surface area contributed by atoms with Crippen LogP contribution in [-0.2, 0) is 36.3 Å². The van der Waals surface area contributed by atoms with Gasteiger partial charge in [-0.05, 0) is 29.7 Å². The summed E-state index contributed by atoms with van der Waals surface area (Å²) in [5, 5.41) is 3.26.